The summed E-state index contributed by atoms with van der Waals surface area (Å²) < 4.78 is 1.12. The number of nitrogens with zero attached hydrogens (tertiary/aromatic N) is 2. The molecule has 0 fully saturated rings. The van der Waals surface area contributed by atoms with Gasteiger partial charge in [-0.25, -0.2) is 9.97 Å². The summed E-state index contributed by atoms with van der Waals surface area (Å²) in [7, 11) is 0. The van der Waals surface area contributed by atoms with E-state index in [2.05, 4.69) is 97.1 Å². The SMILES string of the molecule is CC(C)(CN)C(N)c1nc(C=Cc2ccc(-c3ccccc3)cc2)nc2ccc(I)cc12. The molecule has 0 saturated heterocycles. The smallest absolute Gasteiger partial charge is 0.152 e. The first-order valence-electron chi connectivity index (χ1n) is 10.6. The Morgan fingerprint density at radius 3 is 2.28 bits per heavy atom. The van der Waals surface area contributed by atoms with Crippen molar-refractivity contribution in [3.05, 3.63) is 93.4 Å². The van der Waals surface area contributed by atoms with E-state index in [1.807, 2.05) is 24.3 Å². The summed E-state index contributed by atoms with van der Waals surface area (Å²) in [5.41, 5.74) is 17.6. The molecule has 0 aliphatic carbocycles. The molecular formula is C27H27IN4. The van der Waals surface area contributed by atoms with Crippen LogP contribution in [0.5, 0.6) is 0 Å². The molecule has 0 saturated carbocycles. The largest absolute Gasteiger partial charge is 0.330 e. The lowest BCUT2D eigenvalue weighted by atomic mass is 9.82. The van der Waals surface area contributed by atoms with E-state index in [0.717, 1.165) is 25.7 Å². The van der Waals surface area contributed by atoms with Crippen LogP contribution in [0, 0.1) is 8.99 Å². The van der Waals surface area contributed by atoms with Gasteiger partial charge in [-0.15, -0.1) is 0 Å². The van der Waals surface area contributed by atoms with Gasteiger partial charge in [0, 0.05) is 8.96 Å². The predicted molar refractivity (Wildman–Crippen MR) is 143 cm³/mol. The Balaban J connectivity index is 1.68. The van der Waals surface area contributed by atoms with Crippen molar-refractivity contribution in [2.45, 2.75) is 19.9 Å². The number of hydrogen-bond acceptors (Lipinski definition) is 4. The van der Waals surface area contributed by atoms with Crippen molar-refractivity contribution in [3.63, 3.8) is 0 Å². The molecule has 1 heterocycles. The quantitative estimate of drug-likeness (QED) is 0.295. The van der Waals surface area contributed by atoms with Gasteiger partial charge in [0.2, 0.25) is 0 Å². The number of hydrogen-bond donors (Lipinski definition) is 2. The third kappa shape index (κ3) is 4.90. The molecular weight excluding hydrogens is 507 g/mol. The van der Waals surface area contributed by atoms with Crippen LogP contribution in [0.4, 0.5) is 0 Å². The van der Waals surface area contributed by atoms with E-state index in [9.17, 15) is 0 Å². The standard InChI is InChI=1S/C27H27IN4/c1-27(2,17-29)26(30)25-22-16-21(28)13-14-23(22)31-24(32-25)15-10-18-8-11-20(12-9-18)19-6-4-3-5-7-19/h3-16,26H,17,29-30H2,1-2H3. The molecule has 162 valence electrons. The highest BCUT2D eigenvalue weighted by atomic mass is 127. The van der Waals surface area contributed by atoms with Gasteiger partial charge in [0.25, 0.3) is 0 Å². The molecule has 3 aromatic carbocycles. The van der Waals surface area contributed by atoms with Gasteiger partial charge in [-0.1, -0.05) is 74.5 Å². The van der Waals surface area contributed by atoms with Crippen LogP contribution >= 0.6 is 22.6 Å². The Kier molecular flexibility index (Phi) is 6.69. The Bertz CT molecular complexity index is 1250. The first kappa shape index (κ1) is 22.6. The van der Waals surface area contributed by atoms with Crippen LogP contribution in [0.2, 0.25) is 0 Å². The van der Waals surface area contributed by atoms with Crippen molar-refractivity contribution in [2.24, 2.45) is 16.9 Å². The Morgan fingerprint density at radius 1 is 0.906 bits per heavy atom. The van der Waals surface area contributed by atoms with Crippen LogP contribution in [0.1, 0.15) is 37.0 Å². The number of benzene rings is 3. The van der Waals surface area contributed by atoms with E-state index in [-0.39, 0.29) is 11.5 Å². The summed E-state index contributed by atoms with van der Waals surface area (Å²) in [6, 6.07) is 24.7. The van der Waals surface area contributed by atoms with E-state index in [0.29, 0.717) is 12.4 Å². The maximum absolute atomic E-state index is 6.65. The third-order valence-corrected chi connectivity index (χ3v) is 6.48. The summed E-state index contributed by atoms with van der Waals surface area (Å²) in [6.45, 7) is 4.62. The molecule has 4 nitrogen and oxygen atoms in total. The number of fused-ring (bicyclic) bond motifs is 1. The summed E-state index contributed by atoms with van der Waals surface area (Å²) in [6.07, 6.45) is 3.98. The maximum Gasteiger partial charge on any atom is 0.152 e. The molecule has 5 heteroatoms. The van der Waals surface area contributed by atoms with Crippen LogP contribution in [0.25, 0.3) is 34.2 Å². The molecule has 0 bridgehead atoms. The fourth-order valence-electron chi connectivity index (χ4n) is 3.54. The van der Waals surface area contributed by atoms with Crippen LogP contribution in [-0.2, 0) is 0 Å². The van der Waals surface area contributed by atoms with Gasteiger partial charge >= 0.3 is 0 Å². The van der Waals surface area contributed by atoms with Gasteiger partial charge in [0.15, 0.2) is 5.82 Å². The molecule has 1 aromatic heterocycles. The molecule has 0 spiro atoms. The second-order valence-corrected chi connectivity index (χ2v) is 9.87. The Hall–Kier alpha value is -2.61. The second kappa shape index (κ2) is 9.48. The lowest BCUT2D eigenvalue weighted by Gasteiger charge is -2.30. The summed E-state index contributed by atoms with van der Waals surface area (Å²) >= 11 is 2.30. The normalized spacial score (nSPS) is 13.0. The highest BCUT2D eigenvalue weighted by molar-refractivity contribution is 14.1. The first-order valence-corrected chi connectivity index (χ1v) is 11.7. The second-order valence-electron chi connectivity index (χ2n) is 8.62. The molecule has 0 radical (unpaired) electrons. The van der Waals surface area contributed by atoms with E-state index in [1.165, 1.54) is 11.1 Å². The molecule has 0 amide bonds. The average molecular weight is 534 g/mol. The average Bonchev–Trinajstić information content (AvgIpc) is 2.82. The van der Waals surface area contributed by atoms with Crippen molar-refractivity contribution in [2.75, 3.05) is 6.54 Å². The molecule has 1 unspecified atom stereocenters. The topological polar surface area (TPSA) is 77.8 Å². The highest BCUT2D eigenvalue weighted by Gasteiger charge is 2.29. The molecule has 0 aliphatic heterocycles. The summed E-state index contributed by atoms with van der Waals surface area (Å²) in [4.78, 5) is 9.61. The molecule has 0 aliphatic rings. The van der Waals surface area contributed by atoms with Crippen molar-refractivity contribution in [1.29, 1.82) is 0 Å². The lowest BCUT2D eigenvalue weighted by Crippen LogP contribution is -2.36. The minimum absolute atomic E-state index is 0.281. The van der Waals surface area contributed by atoms with Crippen LogP contribution in [-0.4, -0.2) is 16.5 Å². The number of halogens is 1. The van der Waals surface area contributed by atoms with Crippen LogP contribution in [0.3, 0.4) is 0 Å². The third-order valence-electron chi connectivity index (χ3n) is 5.81. The molecule has 1 atom stereocenters. The zero-order valence-electron chi connectivity index (χ0n) is 18.3. The molecule has 4 N–H and O–H groups in total. The van der Waals surface area contributed by atoms with Gasteiger partial charge in [-0.2, -0.15) is 0 Å². The Labute approximate surface area is 202 Å². The maximum atomic E-state index is 6.65. The Morgan fingerprint density at radius 2 is 1.59 bits per heavy atom. The van der Waals surface area contributed by atoms with Gasteiger partial charge in [-0.3, -0.25) is 0 Å². The van der Waals surface area contributed by atoms with Gasteiger partial charge in [0.1, 0.15) is 0 Å². The monoisotopic (exact) mass is 534 g/mol. The number of aromatic nitrogens is 2. The van der Waals surface area contributed by atoms with E-state index < -0.39 is 0 Å². The fourth-order valence-corrected chi connectivity index (χ4v) is 4.03. The van der Waals surface area contributed by atoms with Crippen molar-refractivity contribution in [3.8, 4) is 11.1 Å². The van der Waals surface area contributed by atoms with Crippen LogP contribution < -0.4 is 11.5 Å². The molecule has 4 rings (SSSR count). The first-order chi connectivity index (χ1) is 15.4. The minimum Gasteiger partial charge on any atom is -0.330 e. The molecule has 4 aromatic rings. The van der Waals surface area contributed by atoms with Crippen molar-refractivity contribution < 1.29 is 0 Å². The fraction of sp³-hybridized carbons (Fsp3) is 0.185. The lowest BCUT2D eigenvalue weighted by molar-refractivity contribution is 0.298. The van der Waals surface area contributed by atoms with Crippen molar-refractivity contribution in [1.82, 2.24) is 9.97 Å². The number of rotatable bonds is 6. The zero-order chi connectivity index (χ0) is 22.7. The molecule has 32 heavy (non-hydrogen) atoms. The zero-order valence-corrected chi connectivity index (χ0v) is 20.5. The van der Waals surface area contributed by atoms with E-state index >= 15 is 0 Å². The van der Waals surface area contributed by atoms with Crippen molar-refractivity contribution >= 4 is 45.6 Å². The van der Waals surface area contributed by atoms with E-state index in [1.54, 1.807) is 0 Å². The highest BCUT2D eigenvalue weighted by Crippen LogP contribution is 2.33. The predicted octanol–water partition coefficient (Wildman–Crippen LogP) is 6.06. The number of nitrogens with two attached hydrogens (primary N) is 2. The van der Waals surface area contributed by atoms with Crippen LogP contribution in [0.15, 0.2) is 72.8 Å². The summed E-state index contributed by atoms with van der Waals surface area (Å²) in [5.74, 6) is 0.643. The van der Waals surface area contributed by atoms with Gasteiger partial charge in [-0.05, 0) is 75.5 Å². The minimum atomic E-state index is -0.298. The summed E-state index contributed by atoms with van der Waals surface area (Å²) in [5, 5.41) is 0.982. The van der Waals surface area contributed by atoms with Gasteiger partial charge in [0.05, 0.1) is 17.3 Å². The van der Waals surface area contributed by atoms with Gasteiger partial charge < -0.3 is 11.5 Å². The van der Waals surface area contributed by atoms with E-state index in [4.69, 9.17) is 21.4 Å².